The molecule has 0 unspecified atom stereocenters. The van der Waals surface area contributed by atoms with Crippen molar-refractivity contribution in [1.29, 1.82) is 0 Å². The van der Waals surface area contributed by atoms with Gasteiger partial charge in [-0.2, -0.15) is 0 Å². The second kappa shape index (κ2) is 12.2. The lowest BCUT2D eigenvalue weighted by molar-refractivity contribution is 0.0487. The first-order chi connectivity index (χ1) is 13.6. The number of amides is 1. The molecule has 0 fully saturated rings. The van der Waals surface area contributed by atoms with Crippen LogP contribution in [0.25, 0.3) is 0 Å². The van der Waals surface area contributed by atoms with Gasteiger partial charge in [-0.1, -0.05) is 13.8 Å². The van der Waals surface area contributed by atoms with Crippen LogP contribution >= 0.6 is 15.9 Å². The van der Waals surface area contributed by atoms with Crippen molar-refractivity contribution in [1.82, 2.24) is 10.3 Å². The Morgan fingerprint density at radius 1 is 1.24 bits per heavy atom. The largest absolute Gasteiger partial charge is 0.488 e. The number of hydrogen-bond donors (Lipinski definition) is 1. The van der Waals surface area contributed by atoms with E-state index in [1.54, 1.807) is 14.2 Å². The first-order valence-corrected chi connectivity index (χ1v) is 10.7. The van der Waals surface area contributed by atoms with Crippen molar-refractivity contribution in [2.75, 3.05) is 27.4 Å². The Morgan fingerprint density at radius 3 is 2.48 bits per heavy atom. The molecule has 0 aliphatic carbocycles. The highest BCUT2D eigenvalue weighted by atomic mass is 79.9. The predicted octanol–water partition coefficient (Wildman–Crippen LogP) is 4.75. The number of carbonyl (C=O) groups excluding carboxylic acids is 1. The first-order valence-electron chi connectivity index (χ1n) is 9.92. The first kappa shape index (κ1) is 25.5. The molecule has 0 aliphatic rings. The SMILES string of the molecule is COCCCOc1cc(CC[C@@H](NC(=O)OC(C)(C)C)C(C)C)c(Br)nc1OC. The topological polar surface area (TPSA) is 78.9 Å². The number of rotatable bonds is 11. The van der Waals surface area contributed by atoms with E-state index in [0.717, 1.165) is 18.4 Å². The Morgan fingerprint density at radius 2 is 1.93 bits per heavy atom. The number of nitrogens with zero attached hydrogens (tertiary/aromatic N) is 1. The van der Waals surface area contributed by atoms with Crippen LogP contribution in [0.4, 0.5) is 4.79 Å². The molecule has 1 heterocycles. The van der Waals surface area contributed by atoms with Gasteiger partial charge in [-0.3, -0.25) is 0 Å². The summed E-state index contributed by atoms with van der Waals surface area (Å²) in [7, 11) is 3.23. The normalized spacial score (nSPS) is 12.6. The minimum atomic E-state index is -0.524. The lowest BCUT2D eigenvalue weighted by Gasteiger charge is -2.26. The molecule has 1 rings (SSSR count). The second-order valence-corrected chi connectivity index (χ2v) is 8.93. The highest BCUT2D eigenvalue weighted by molar-refractivity contribution is 9.10. The molecule has 0 aromatic carbocycles. The zero-order chi connectivity index (χ0) is 22.0. The molecule has 7 nitrogen and oxygen atoms in total. The number of nitrogens with one attached hydrogen (secondary N) is 1. The third-order valence-corrected chi connectivity index (χ3v) is 4.84. The van der Waals surface area contributed by atoms with Gasteiger partial charge in [-0.15, -0.1) is 0 Å². The Labute approximate surface area is 183 Å². The monoisotopic (exact) mass is 474 g/mol. The van der Waals surface area contributed by atoms with E-state index in [9.17, 15) is 4.79 Å². The van der Waals surface area contributed by atoms with E-state index < -0.39 is 11.7 Å². The lowest BCUT2D eigenvalue weighted by Crippen LogP contribution is -2.42. The van der Waals surface area contributed by atoms with Crippen molar-refractivity contribution in [2.24, 2.45) is 5.92 Å². The number of alkyl carbamates (subject to hydrolysis) is 1. The Hall–Kier alpha value is -1.54. The predicted molar refractivity (Wildman–Crippen MR) is 117 cm³/mol. The molecule has 1 aromatic rings. The standard InChI is InChI=1S/C21H35BrN2O5/c1-14(2)16(23-20(25)29-21(3,4)5)10-9-15-13-17(28-12-8-11-26-6)19(27-7)24-18(15)22/h13-14,16H,8-12H2,1-7H3,(H,23,25)/t16-/m1/s1. The van der Waals surface area contributed by atoms with Gasteiger partial charge >= 0.3 is 6.09 Å². The third kappa shape index (κ3) is 9.67. The summed E-state index contributed by atoms with van der Waals surface area (Å²) in [5.74, 6) is 1.30. The maximum absolute atomic E-state index is 12.2. The molecule has 8 heteroatoms. The van der Waals surface area contributed by atoms with Gasteiger partial charge in [0.1, 0.15) is 10.2 Å². The van der Waals surface area contributed by atoms with Crippen LogP contribution in [0.5, 0.6) is 11.6 Å². The Kier molecular flexibility index (Phi) is 10.7. The quantitative estimate of drug-likeness (QED) is 0.368. The molecular weight excluding hydrogens is 440 g/mol. The number of ether oxygens (including phenoxy) is 4. The van der Waals surface area contributed by atoms with Crippen LogP contribution in [0.3, 0.4) is 0 Å². The van der Waals surface area contributed by atoms with Gasteiger partial charge in [-0.05, 0) is 67.1 Å². The van der Waals surface area contributed by atoms with Gasteiger partial charge in [0.05, 0.1) is 13.7 Å². The molecule has 0 radical (unpaired) electrons. The average molecular weight is 475 g/mol. The van der Waals surface area contributed by atoms with Crippen molar-refractivity contribution in [3.05, 3.63) is 16.2 Å². The summed E-state index contributed by atoms with van der Waals surface area (Å²) in [6.45, 7) is 10.9. The molecule has 1 aromatic heterocycles. The fourth-order valence-electron chi connectivity index (χ4n) is 2.65. The number of pyridine rings is 1. The summed E-state index contributed by atoms with van der Waals surface area (Å²) in [6, 6.07) is 1.91. The number of hydrogen-bond acceptors (Lipinski definition) is 6. The summed E-state index contributed by atoms with van der Waals surface area (Å²) in [5, 5.41) is 2.98. The molecule has 0 bridgehead atoms. The summed E-state index contributed by atoms with van der Waals surface area (Å²) >= 11 is 3.51. The van der Waals surface area contributed by atoms with Crippen LogP contribution in [0.1, 0.15) is 53.0 Å². The molecule has 0 aliphatic heterocycles. The van der Waals surface area contributed by atoms with Crippen molar-refractivity contribution < 1.29 is 23.7 Å². The minimum absolute atomic E-state index is 0.0232. The van der Waals surface area contributed by atoms with E-state index in [4.69, 9.17) is 18.9 Å². The van der Waals surface area contributed by atoms with E-state index in [2.05, 4.69) is 40.1 Å². The van der Waals surface area contributed by atoms with Gasteiger partial charge in [0, 0.05) is 26.2 Å². The number of aromatic nitrogens is 1. The zero-order valence-electron chi connectivity index (χ0n) is 18.6. The molecule has 0 saturated heterocycles. The van der Waals surface area contributed by atoms with E-state index in [0.29, 0.717) is 35.9 Å². The number of aryl methyl sites for hydroxylation is 1. The third-order valence-electron chi connectivity index (χ3n) is 4.16. The lowest BCUT2D eigenvalue weighted by atomic mass is 9.97. The number of carbonyl (C=O) groups is 1. The van der Waals surface area contributed by atoms with Crippen LogP contribution in [0, 0.1) is 5.92 Å². The molecule has 166 valence electrons. The molecule has 29 heavy (non-hydrogen) atoms. The van der Waals surface area contributed by atoms with Crippen LogP contribution in [0.2, 0.25) is 0 Å². The highest BCUT2D eigenvalue weighted by Gasteiger charge is 2.22. The van der Waals surface area contributed by atoms with Crippen molar-refractivity contribution >= 4 is 22.0 Å². The van der Waals surface area contributed by atoms with Crippen LogP contribution in [-0.2, 0) is 15.9 Å². The van der Waals surface area contributed by atoms with Crippen molar-refractivity contribution in [2.45, 2.75) is 65.5 Å². The Balaban J connectivity index is 2.81. The molecule has 1 amide bonds. The van der Waals surface area contributed by atoms with Crippen LogP contribution in [-0.4, -0.2) is 50.2 Å². The van der Waals surface area contributed by atoms with Crippen molar-refractivity contribution in [3.63, 3.8) is 0 Å². The van der Waals surface area contributed by atoms with E-state index in [1.165, 1.54) is 0 Å². The fourth-order valence-corrected chi connectivity index (χ4v) is 3.12. The average Bonchev–Trinajstić information content (AvgIpc) is 2.61. The molecule has 0 spiro atoms. The van der Waals surface area contributed by atoms with Gasteiger partial charge in [0.2, 0.25) is 0 Å². The summed E-state index contributed by atoms with van der Waals surface area (Å²) in [5.41, 5.74) is 0.466. The summed E-state index contributed by atoms with van der Waals surface area (Å²) in [6.07, 6.45) is 1.84. The van der Waals surface area contributed by atoms with E-state index >= 15 is 0 Å². The maximum Gasteiger partial charge on any atom is 0.407 e. The molecular formula is C21H35BrN2O5. The highest BCUT2D eigenvalue weighted by Crippen LogP contribution is 2.31. The van der Waals surface area contributed by atoms with Gasteiger partial charge in [0.25, 0.3) is 5.88 Å². The fraction of sp³-hybridized carbons (Fsp3) is 0.714. The molecule has 1 atom stereocenters. The minimum Gasteiger partial charge on any atom is -0.488 e. The smallest absolute Gasteiger partial charge is 0.407 e. The van der Waals surface area contributed by atoms with Crippen LogP contribution in [0.15, 0.2) is 10.7 Å². The Bertz CT molecular complexity index is 647. The van der Waals surface area contributed by atoms with E-state index in [-0.39, 0.29) is 12.0 Å². The number of methoxy groups -OCH3 is 2. The summed E-state index contributed by atoms with van der Waals surface area (Å²) in [4.78, 5) is 16.6. The zero-order valence-corrected chi connectivity index (χ0v) is 20.2. The summed E-state index contributed by atoms with van der Waals surface area (Å²) < 4.78 is 22.3. The van der Waals surface area contributed by atoms with E-state index in [1.807, 2.05) is 26.8 Å². The molecule has 0 saturated carbocycles. The number of halogens is 1. The van der Waals surface area contributed by atoms with Gasteiger partial charge < -0.3 is 24.3 Å². The molecule has 1 N–H and O–H groups in total. The second-order valence-electron chi connectivity index (χ2n) is 8.18. The van der Waals surface area contributed by atoms with Gasteiger partial charge in [-0.25, -0.2) is 9.78 Å². The van der Waals surface area contributed by atoms with Gasteiger partial charge in [0.15, 0.2) is 5.75 Å². The maximum atomic E-state index is 12.2. The van der Waals surface area contributed by atoms with Crippen LogP contribution < -0.4 is 14.8 Å². The van der Waals surface area contributed by atoms with Crippen molar-refractivity contribution in [3.8, 4) is 11.6 Å².